The van der Waals surface area contributed by atoms with E-state index >= 15 is 0 Å². The molecule has 1 heterocycles. The SMILES string of the molecule is CCCC[C@@H](C(=O)C(=O)N[C@H](C)c1ccccc1)N(CC1(Cc2nc(-c3ccccc3)cs2)CCC1)C(=O)O. The third kappa shape index (κ3) is 7.12. The molecule has 1 saturated carbocycles. The predicted molar refractivity (Wildman–Crippen MR) is 154 cm³/mol. The van der Waals surface area contributed by atoms with Crippen molar-refractivity contribution in [3.63, 3.8) is 0 Å². The fourth-order valence-electron chi connectivity index (χ4n) is 5.26. The van der Waals surface area contributed by atoms with Crippen molar-refractivity contribution >= 4 is 29.1 Å². The normalized spacial score (nSPS) is 15.5. The number of carbonyl (C=O) groups excluding carboxylic acids is 2. The Bertz CT molecular complexity index is 1260. The van der Waals surface area contributed by atoms with E-state index in [0.29, 0.717) is 19.3 Å². The van der Waals surface area contributed by atoms with Crippen LogP contribution >= 0.6 is 11.3 Å². The summed E-state index contributed by atoms with van der Waals surface area (Å²) in [5, 5.41) is 16.0. The molecule has 3 aromatic rings. The number of hydrogen-bond donors (Lipinski definition) is 2. The number of amides is 2. The summed E-state index contributed by atoms with van der Waals surface area (Å²) in [6, 6.07) is 18.0. The number of unbranched alkanes of at least 4 members (excludes halogenated alkanes) is 1. The van der Waals surface area contributed by atoms with E-state index in [1.54, 1.807) is 11.3 Å². The van der Waals surface area contributed by atoms with Gasteiger partial charge in [0, 0.05) is 23.9 Å². The fraction of sp³-hybridized carbons (Fsp3) is 0.419. The summed E-state index contributed by atoms with van der Waals surface area (Å²) >= 11 is 1.59. The Morgan fingerprint density at radius 2 is 1.74 bits per heavy atom. The van der Waals surface area contributed by atoms with Crippen molar-refractivity contribution in [3.8, 4) is 11.3 Å². The van der Waals surface area contributed by atoms with Crippen molar-refractivity contribution in [3.05, 3.63) is 76.6 Å². The van der Waals surface area contributed by atoms with Crippen molar-refractivity contribution < 1.29 is 19.5 Å². The third-order valence-corrected chi connectivity index (χ3v) is 8.54. The lowest BCUT2D eigenvalue weighted by molar-refractivity contribution is -0.141. The Hall–Kier alpha value is -3.52. The second-order valence-corrected chi connectivity index (χ2v) is 11.5. The second kappa shape index (κ2) is 13.0. The number of nitrogens with zero attached hydrogens (tertiary/aromatic N) is 2. The molecule has 0 saturated heterocycles. The number of aromatic nitrogens is 1. The number of hydrogen-bond acceptors (Lipinski definition) is 5. The molecule has 0 spiro atoms. The van der Waals surface area contributed by atoms with Gasteiger partial charge in [0.05, 0.1) is 16.7 Å². The van der Waals surface area contributed by atoms with Crippen LogP contribution in [0.3, 0.4) is 0 Å². The first-order chi connectivity index (χ1) is 18.8. The first-order valence-electron chi connectivity index (χ1n) is 13.7. The van der Waals surface area contributed by atoms with Crippen LogP contribution in [0.1, 0.15) is 69.0 Å². The number of carbonyl (C=O) groups is 3. The number of rotatable bonds is 13. The average molecular weight is 548 g/mol. The maximum atomic E-state index is 13.4. The van der Waals surface area contributed by atoms with Crippen LogP contribution < -0.4 is 5.32 Å². The van der Waals surface area contributed by atoms with Gasteiger partial charge in [0.15, 0.2) is 0 Å². The highest BCUT2D eigenvalue weighted by Crippen LogP contribution is 2.45. The Kier molecular flexibility index (Phi) is 9.51. The van der Waals surface area contributed by atoms with E-state index in [1.165, 1.54) is 4.90 Å². The molecule has 1 aromatic heterocycles. The number of benzene rings is 2. The van der Waals surface area contributed by atoms with E-state index in [1.807, 2.05) is 79.9 Å². The van der Waals surface area contributed by atoms with Crippen LogP contribution in [0, 0.1) is 5.41 Å². The predicted octanol–water partition coefficient (Wildman–Crippen LogP) is 6.51. The van der Waals surface area contributed by atoms with Gasteiger partial charge in [-0.15, -0.1) is 11.3 Å². The van der Waals surface area contributed by atoms with Gasteiger partial charge in [0.25, 0.3) is 5.91 Å². The van der Waals surface area contributed by atoms with Crippen LogP contribution in [0.2, 0.25) is 0 Å². The van der Waals surface area contributed by atoms with Gasteiger partial charge in [0.2, 0.25) is 5.78 Å². The largest absolute Gasteiger partial charge is 0.465 e. The van der Waals surface area contributed by atoms with E-state index in [4.69, 9.17) is 4.98 Å². The lowest BCUT2D eigenvalue weighted by atomic mass is 9.66. The van der Waals surface area contributed by atoms with E-state index in [2.05, 4.69) is 5.32 Å². The maximum Gasteiger partial charge on any atom is 0.407 e. The van der Waals surface area contributed by atoms with Crippen molar-refractivity contribution in [2.24, 2.45) is 5.41 Å². The highest BCUT2D eigenvalue weighted by Gasteiger charge is 2.44. The summed E-state index contributed by atoms with van der Waals surface area (Å²) in [6.07, 6.45) is 4.00. The molecule has 7 nitrogen and oxygen atoms in total. The Labute approximate surface area is 234 Å². The molecule has 1 fully saturated rings. The zero-order valence-corrected chi connectivity index (χ0v) is 23.5. The highest BCUT2D eigenvalue weighted by molar-refractivity contribution is 7.09. The topological polar surface area (TPSA) is 99.6 Å². The van der Waals surface area contributed by atoms with Gasteiger partial charge in [0.1, 0.15) is 6.04 Å². The van der Waals surface area contributed by atoms with E-state index in [-0.39, 0.29) is 18.0 Å². The number of Topliss-reactive ketones (excluding diaryl/α,β-unsaturated/α-hetero) is 1. The molecule has 0 aliphatic heterocycles. The lowest BCUT2D eigenvalue weighted by Crippen LogP contribution is -2.55. The third-order valence-electron chi connectivity index (χ3n) is 7.69. The van der Waals surface area contributed by atoms with Gasteiger partial charge < -0.3 is 10.4 Å². The van der Waals surface area contributed by atoms with Crippen LogP contribution in [0.4, 0.5) is 4.79 Å². The van der Waals surface area contributed by atoms with Crippen molar-refractivity contribution in [1.29, 1.82) is 0 Å². The number of thiazole rings is 1. The summed E-state index contributed by atoms with van der Waals surface area (Å²) in [5.41, 5.74) is 2.56. The smallest absolute Gasteiger partial charge is 0.407 e. The van der Waals surface area contributed by atoms with Crippen molar-refractivity contribution in [2.75, 3.05) is 6.54 Å². The van der Waals surface area contributed by atoms with Gasteiger partial charge in [-0.25, -0.2) is 9.78 Å². The molecule has 1 aliphatic carbocycles. The Balaban J connectivity index is 1.50. The molecule has 2 atom stereocenters. The number of carboxylic acid groups (broad SMARTS) is 1. The van der Waals surface area contributed by atoms with Crippen LogP contribution in [-0.2, 0) is 16.0 Å². The number of ketones is 1. The van der Waals surface area contributed by atoms with Gasteiger partial charge in [-0.05, 0) is 37.2 Å². The molecule has 0 bridgehead atoms. The summed E-state index contributed by atoms with van der Waals surface area (Å²) in [6.45, 7) is 4.02. The molecular weight excluding hydrogens is 510 g/mol. The van der Waals surface area contributed by atoms with Gasteiger partial charge in [-0.2, -0.15) is 0 Å². The molecule has 0 unspecified atom stereocenters. The first-order valence-corrected chi connectivity index (χ1v) is 14.6. The fourth-order valence-corrected chi connectivity index (χ4v) is 6.24. The van der Waals surface area contributed by atoms with Crippen molar-refractivity contribution in [2.45, 2.75) is 70.9 Å². The first kappa shape index (κ1) is 28.5. The minimum absolute atomic E-state index is 0.213. The standard InChI is InChI=1S/C31H37N3O4S/c1-3-4-16-26(28(35)29(36)32-22(2)23-12-7-5-8-13-23)34(30(37)38)21-31(17-11-18-31)19-27-33-25(20-39-27)24-14-9-6-10-15-24/h5-10,12-15,20,22,26H,3-4,11,16-19,21H2,1-2H3,(H,32,36)(H,37,38)/t22-,26+/m1/s1. The zero-order valence-electron chi connectivity index (χ0n) is 22.6. The highest BCUT2D eigenvalue weighted by atomic mass is 32.1. The Morgan fingerprint density at radius 1 is 1.08 bits per heavy atom. The molecule has 2 aromatic carbocycles. The molecule has 2 amide bonds. The second-order valence-electron chi connectivity index (χ2n) is 10.6. The van der Waals surface area contributed by atoms with Crippen LogP contribution in [0.25, 0.3) is 11.3 Å². The summed E-state index contributed by atoms with van der Waals surface area (Å²) < 4.78 is 0. The van der Waals surface area contributed by atoms with Gasteiger partial charge in [-0.3, -0.25) is 14.5 Å². The van der Waals surface area contributed by atoms with Crippen molar-refractivity contribution in [1.82, 2.24) is 15.2 Å². The zero-order chi connectivity index (χ0) is 27.8. The lowest BCUT2D eigenvalue weighted by Gasteiger charge is -2.45. The van der Waals surface area contributed by atoms with Crippen LogP contribution in [0.15, 0.2) is 66.0 Å². The molecule has 2 N–H and O–H groups in total. The number of nitrogens with one attached hydrogen (secondary N) is 1. The Morgan fingerprint density at radius 3 is 2.33 bits per heavy atom. The molecule has 1 aliphatic rings. The van der Waals surface area contributed by atoms with Crippen LogP contribution in [0.5, 0.6) is 0 Å². The molecule has 8 heteroatoms. The minimum atomic E-state index is -1.16. The molecule has 39 heavy (non-hydrogen) atoms. The van der Waals surface area contributed by atoms with E-state index < -0.39 is 23.8 Å². The van der Waals surface area contributed by atoms with E-state index in [0.717, 1.165) is 47.5 Å². The van der Waals surface area contributed by atoms with Crippen LogP contribution in [-0.4, -0.2) is 45.4 Å². The minimum Gasteiger partial charge on any atom is -0.465 e. The quantitative estimate of drug-likeness (QED) is 0.238. The molecule has 0 radical (unpaired) electrons. The monoisotopic (exact) mass is 547 g/mol. The average Bonchev–Trinajstić information content (AvgIpc) is 3.40. The van der Waals surface area contributed by atoms with Gasteiger partial charge >= 0.3 is 6.09 Å². The summed E-state index contributed by atoms with van der Waals surface area (Å²) in [5.74, 6) is -1.43. The maximum absolute atomic E-state index is 13.4. The van der Waals surface area contributed by atoms with Gasteiger partial charge in [-0.1, -0.05) is 86.8 Å². The molecule has 206 valence electrons. The molecule has 4 rings (SSSR count). The molecular formula is C31H37N3O4S. The summed E-state index contributed by atoms with van der Waals surface area (Å²) in [7, 11) is 0. The van der Waals surface area contributed by atoms with E-state index in [9.17, 15) is 19.5 Å². The summed E-state index contributed by atoms with van der Waals surface area (Å²) in [4.78, 5) is 45.1.